The molecule has 0 aromatic carbocycles. The van der Waals surface area contributed by atoms with Gasteiger partial charge in [0.05, 0.1) is 0 Å². The van der Waals surface area contributed by atoms with Gasteiger partial charge in [-0.15, -0.1) is 0 Å². The molecule has 0 bridgehead atoms. The lowest BCUT2D eigenvalue weighted by atomic mass is 10.1. The van der Waals surface area contributed by atoms with Crippen molar-refractivity contribution in [2.75, 3.05) is 13.1 Å². The molecule has 1 aliphatic heterocycles. The van der Waals surface area contributed by atoms with Crippen molar-refractivity contribution >= 4 is 25.6 Å². The number of aromatic nitrogens is 1. The Hall–Kier alpha value is -1.01. The van der Waals surface area contributed by atoms with Crippen LogP contribution in [-0.4, -0.2) is 36.9 Å². The number of hydrogen-bond acceptors (Lipinski definition) is 3. The molecule has 0 spiro atoms. The van der Waals surface area contributed by atoms with Gasteiger partial charge in [0.2, 0.25) is 0 Å². The number of halogens is 1. The smallest absolute Gasteiger partial charge is 0.270 e. The molecule has 118 valence electrons. The van der Waals surface area contributed by atoms with Crippen molar-refractivity contribution in [2.24, 2.45) is 5.92 Å². The summed E-state index contributed by atoms with van der Waals surface area (Å²) in [5.74, 6) is 0.436. The molecule has 1 amide bonds. The maximum absolute atomic E-state index is 12.6. The average molecular weight is 333 g/mol. The monoisotopic (exact) mass is 332 g/mol. The van der Waals surface area contributed by atoms with E-state index in [9.17, 15) is 13.2 Å². The first-order valence-electron chi connectivity index (χ1n) is 7.30. The number of nitrogens with zero attached hydrogens (tertiary/aromatic N) is 2. The lowest BCUT2D eigenvalue weighted by molar-refractivity contribution is 0.0776. The normalized spacial score (nSPS) is 19.2. The van der Waals surface area contributed by atoms with E-state index in [0.29, 0.717) is 18.2 Å². The van der Waals surface area contributed by atoms with E-state index in [1.807, 2.05) is 6.92 Å². The summed E-state index contributed by atoms with van der Waals surface area (Å²) in [5.41, 5.74) is 0.410. The minimum Gasteiger partial charge on any atom is -0.342 e. The molecule has 1 fully saturated rings. The van der Waals surface area contributed by atoms with Crippen molar-refractivity contribution in [2.45, 2.75) is 44.6 Å². The van der Waals surface area contributed by atoms with Gasteiger partial charge in [0.15, 0.2) is 0 Å². The highest BCUT2D eigenvalue weighted by atomic mass is 35.7. The second kappa shape index (κ2) is 6.40. The standard InChI is InChI=1S/C14H21ClN2O3S/c1-3-6-16-10-12(21(15,19)20)8-13(16)14(18)17-7-5-11(4-2)9-17/h8,10-11H,3-7,9H2,1-2H3. The zero-order valence-electron chi connectivity index (χ0n) is 12.4. The summed E-state index contributed by atoms with van der Waals surface area (Å²) in [6.45, 7) is 6.18. The number of carbonyl (C=O) groups is 1. The quantitative estimate of drug-likeness (QED) is 0.779. The molecule has 1 aromatic heterocycles. The Balaban J connectivity index is 2.29. The van der Waals surface area contributed by atoms with Crippen LogP contribution in [0.4, 0.5) is 0 Å². The van der Waals surface area contributed by atoms with E-state index < -0.39 is 9.05 Å². The SMILES string of the molecule is CCCn1cc(S(=O)(=O)Cl)cc1C(=O)N1CCC(CC)C1. The molecule has 1 saturated heterocycles. The van der Waals surface area contributed by atoms with Crippen LogP contribution in [0.15, 0.2) is 17.2 Å². The van der Waals surface area contributed by atoms with Gasteiger partial charge in [-0.3, -0.25) is 4.79 Å². The Labute approximate surface area is 130 Å². The van der Waals surface area contributed by atoms with E-state index in [1.54, 1.807) is 9.47 Å². The minimum atomic E-state index is -3.81. The fraction of sp³-hybridized carbons (Fsp3) is 0.643. The van der Waals surface area contributed by atoms with Crippen LogP contribution in [0.25, 0.3) is 0 Å². The number of aryl methyl sites for hydroxylation is 1. The number of likely N-dealkylation sites (tertiary alicyclic amines) is 1. The average Bonchev–Trinajstić information content (AvgIpc) is 3.04. The molecular weight excluding hydrogens is 312 g/mol. The summed E-state index contributed by atoms with van der Waals surface area (Å²) >= 11 is 0. The molecule has 2 heterocycles. The lowest BCUT2D eigenvalue weighted by Gasteiger charge is -2.17. The van der Waals surface area contributed by atoms with Crippen LogP contribution in [0.1, 0.15) is 43.6 Å². The maximum atomic E-state index is 12.6. The molecule has 0 aliphatic carbocycles. The molecule has 2 rings (SSSR count). The zero-order chi connectivity index (χ0) is 15.6. The molecule has 5 nitrogen and oxygen atoms in total. The summed E-state index contributed by atoms with van der Waals surface area (Å²) in [6.07, 6.45) is 4.33. The van der Waals surface area contributed by atoms with Gasteiger partial charge in [0.25, 0.3) is 15.0 Å². The van der Waals surface area contributed by atoms with Crippen molar-refractivity contribution < 1.29 is 13.2 Å². The van der Waals surface area contributed by atoms with Crippen LogP contribution in [-0.2, 0) is 15.6 Å². The van der Waals surface area contributed by atoms with Crippen LogP contribution in [0.2, 0.25) is 0 Å². The third kappa shape index (κ3) is 3.61. The predicted octanol–water partition coefficient (Wildman–Crippen LogP) is 2.70. The molecular formula is C14H21ClN2O3S. The van der Waals surface area contributed by atoms with Crippen LogP contribution in [0, 0.1) is 5.92 Å². The van der Waals surface area contributed by atoms with Crippen molar-refractivity contribution in [3.63, 3.8) is 0 Å². The van der Waals surface area contributed by atoms with E-state index in [0.717, 1.165) is 32.4 Å². The van der Waals surface area contributed by atoms with Crippen molar-refractivity contribution in [1.82, 2.24) is 9.47 Å². The first kappa shape index (κ1) is 16.4. The van der Waals surface area contributed by atoms with E-state index in [4.69, 9.17) is 10.7 Å². The van der Waals surface area contributed by atoms with Crippen molar-refractivity contribution in [1.29, 1.82) is 0 Å². The summed E-state index contributed by atoms with van der Waals surface area (Å²) in [5, 5.41) is 0. The number of rotatable bonds is 5. The Morgan fingerprint density at radius 1 is 1.43 bits per heavy atom. The topological polar surface area (TPSA) is 59.4 Å². The highest BCUT2D eigenvalue weighted by Crippen LogP contribution is 2.24. The fourth-order valence-corrected chi connectivity index (χ4v) is 3.49. The van der Waals surface area contributed by atoms with Crippen molar-refractivity contribution in [3.05, 3.63) is 18.0 Å². The second-order valence-electron chi connectivity index (χ2n) is 5.51. The van der Waals surface area contributed by atoms with E-state index in [1.165, 1.54) is 12.3 Å². The molecule has 1 aromatic rings. The lowest BCUT2D eigenvalue weighted by Crippen LogP contribution is -2.30. The molecule has 0 N–H and O–H groups in total. The zero-order valence-corrected chi connectivity index (χ0v) is 14.0. The van der Waals surface area contributed by atoms with Gasteiger partial charge in [-0.2, -0.15) is 0 Å². The Bertz CT molecular complexity index is 624. The van der Waals surface area contributed by atoms with E-state index in [-0.39, 0.29) is 10.8 Å². The highest BCUT2D eigenvalue weighted by Gasteiger charge is 2.28. The van der Waals surface area contributed by atoms with E-state index >= 15 is 0 Å². The highest BCUT2D eigenvalue weighted by molar-refractivity contribution is 8.13. The third-order valence-corrected chi connectivity index (χ3v) is 5.31. The largest absolute Gasteiger partial charge is 0.342 e. The number of amides is 1. The molecule has 21 heavy (non-hydrogen) atoms. The number of hydrogen-bond donors (Lipinski definition) is 0. The Morgan fingerprint density at radius 2 is 2.14 bits per heavy atom. The van der Waals surface area contributed by atoms with Crippen LogP contribution in [0.3, 0.4) is 0 Å². The van der Waals surface area contributed by atoms with Crippen LogP contribution in [0.5, 0.6) is 0 Å². The summed E-state index contributed by atoms with van der Waals surface area (Å²) in [4.78, 5) is 14.4. The molecule has 0 saturated carbocycles. The van der Waals surface area contributed by atoms with E-state index in [2.05, 4.69) is 6.92 Å². The molecule has 7 heteroatoms. The van der Waals surface area contributed by atoms with Gasteiger partial charge in [0.1, 0.15) is 10.6 Å². The molecule has 1 unspecified atom stereocenters. The van der Waals surface area contributed by atoms with Gasteiger partial charge in [-0.25, -0.2) is 8.42 Å². The van der Waals surface area contributed by atoms with Gasteiger partial charge in [0, 0.05) is 36.5 Å². The molecule has 1 aliphatic rings. The third-order valence-electron chi connectivity index (χ3n) is 3.99. The van der Waals surface area contributed by atoms with Gasteiger partial charge in [-0.05, 0) is 24.8 Å². The summed E-state index contributed by atoms with van der Waals surface area (Å²) < 4.78 is 24.6. The fourth-order valence-electron chi connectivity index (χ4n) is 2.73. The van der Waals surface area contributed by atoms with Gasteiger partial charge in [-0.1, -0.05) is 20.3 Å². The Morgan fingerprint density at radius 3 is 2.67 bits per heavy atom. The summed E-state index contributed by atoms with van der Waals surface area (Å²) in [7, 11) is 1.57. The Kier molecular flexibility index (Phi) is 4.99. The predicted molar refractivity (Wildman–Crippen MR) is 82.1 cm³/mol. The van der Waals surface area contributed by atoms with Crippen LogP contribution >= 0.6 is 10.7 Å². The maximum Gasteiger partial charge on any atom is 0.270 e. The number of carbonyl (C=O) groups excluding carboxylic acids is 1. The minimum absolute atomic E-state index is 0.00722. The second-order valence-corrected chi connectivity index (χ2v) is 8.07. The van der Waals surface area contributed by atoms with Crippen molar-refractivity contribution in [3.8, 4) is 0 Å². The summed E-state index contributed by atoms with van der Waals surface area (Å²) in [6, 6.07) is 1.39. The molecule has 1 atom stereocenters. The molecule has 0 radical (unpaired) electrons. The first-order valence-corrected chi connectivity index (χ1v) is 9.61. The van der Waals surface area contributed by atoms with Crippen LogP contribution < -0.4 is 0 Å². The van der Waals surface area contributed by atoms with Gasteiger partial charge < -0.3 is 9.47 Å². The first-order chi connectivity index (χ1) is 9.86. The van der Waals surface area contributed by atoms with Gasteiger partial charge >= 0.3 is 0 Å².